The molecule has 1 heterocycles. The van der Waals surface area contributed by atoms with Crippen LogP contribution in [0.3, 0.4) is 0 Å². The Balaban J connectivity index is 1.28. The first kappa shape index (κ1) is 16.4. The average molecular weight is 334 g/mol. The summed E-state index contributed by atoms with van der Waals surface area (Å²) in [4.78, 5) is 25.9. The Hall–Kier alpha value is -1.10. The summed E-state index contributed by atoms with van der Waals surface area (Å²) in [6.07, 6.45) is 9.88. The zero-order valence-corrected chi connectivity index (χ0v) is 14.9. The molecule has 3 amide bonds. The minimum absolute atomic E-state index is 0.0222. The highest BCUT2D eigenvalue weighted by Gasteiger charge is 2.51. The van der Waals surface area contributed by atoms with Gasteiger partial charge in [-0.15, -0.1) is 0 Å². The molecule has 0 aromatic heterocycles. The second kappa shape index (κ2) is 6.32. The molecule has 2 atom stereocenters. The van der Waals surface area contributed by atoms with E-state index in [1.807, 2.05) is 0 Å². The molecule has 1 saturated heterocycles. The summed E-state index contributed by atoms with van der Waals surface area (Å²) in [6, 6.07) is -0.258. The normalized spacial score (nSPS) is 43.5. The minimum Gasteiger partial charge on any atom is -0.332 e. The molecule has 0 spiro atoms. The van der Waals surface area contributed by atoms with Gasteiger partial charge in [-0.05, 0) is 69.1 Å². The molecule has 4 aliphatic carbocycles. The van der Waals surface area contributed by atoms with E-state index in [2.05, 4.69) is 17.6 Å². The molecule has 0 radical (unpaired) electrons. The maximum Gasteiger partial charge on any atom is 0.322 e. The van der Waals surface area contributed by atoms with Gasteiger partial charge in [-0.2, -0.15) is 0 Å². The summed E-state index contributed by atoms with van der Waals surface area (Å²) in [5, 5.41) is 5.83. The lowest BCUT2D eigenvalue weighted by molar-refractivity contribution is -0.900. The van der Waals surface area contributed by atoms with Crippen LogP contribution in [0.4, 0.5) is 4.79 Å². The Morgan fingerprint density at radius 3 is 2.29 bits per heavy atom. The zero-order chi connectivity index (χ0) is 16.7. The lowest BCUT2D eigenvalue weighted by Gasteiger charge is -2.56. The van der Waals surface area contributed by atoms with Gasteiger partial charge in [0.1, 0.15) is 0 Å². The van der Waals surface area contributed by atoms with Crippen molar-refractivity contribution in [3.8, 4) is 0 Å². The van der Waals surface area contributed by atoms with E-state index in [9.17, 15) is 9.59 Å². The number of likely N-dealkylation sites (tertiary alicyclic amines) is 1. The highest BCUT2D eigenvalue weighted by molar-refractivity contribution is 5.95. The van der Waals surface area contributed by atoms with Crippen molar-refractivity contribution in [3.63, 3.8) is 0 Å². The summed E-state index contributed by atoms with van der Waals surface area (Å²) in [5.41, 5.74) is -0.0222. The Bertz CT molecular complexity index is 483. The van der Waals surface area contributed by atoms with Crippen LogP contribution in [0.1, 0.15) is 58.3 Å². The number of rotatable bonds is 3. The van der Waals surface area contributed by atoms with E-state index in [1.165, 1.54) is 37.0 Å². The molecular formula is C19H32N3O2+. The summed E-state index contributed by atoms with van der Waals surface area (Å²) in [7, 11) is 0. The van der Waals surface area contributed by atoms with Gasteiger partial charge in [0.15, 0.2) is 6.54 Å². The fourth-order valence-electron chi connectivity index (χ4n) is 6.49. The van der Waals surface area contributed by atoms with Crippen molar-refractivity contribution in [2.75, 3.05) is 19.6 Å². The van der Waals surface area contributed by atoms with Gasteiger partial charge in [-0.3, -0.25) is 10.1 Å². The molecule has 5 nitrogen and oxygen atoms in total. The largest absolute Gasteiger partial charge is 0.332 e. The molecule has 1 aliphatic heterocycles. The molecule has 4 saturated carbocycles. The Morgan fingerprint density at radius 1 is 1.08 bits per heavy atom. The Morgan fingerprint density at radius 2 is 1.71 bits per heavy atom. The maximum atomic E-state index is 12.4. The maximum absolute atomic E-state index is 12.4. The molecule has 5 rings (SSSR count). The molecule has 0 aromatic rings. The number of amides is 3. The number of carbonyl (C=O) groups is 2. The SMILES string of the molecule is C[C@H]1CCC[NH+](CC(=O)NC(=O)NC23CC4CC(CC(C4)C2)C3)C1. The van der Waals surface area contributed by atoms with Crippen LogP contribution in [0.25, 0.3) is 0 Å². The standard InChI is InChI=1S/C19H31N3O2/c1-13-3-2-4-22(11-13)12-17(23)20-18(24)21-19-8-14-5-15(9-19)7-16(6-14)10-19/h13-16H,2-12H2,1H3,(H2,20,21,23,24)/p+1/t13-,14?,15?,16?,19?/m0/s1. The van der Waals surface area contributed by atoms with Crippen molar-refractivity contribution < 1.29 is 14.5 Å². The molecule has 4 bridgehead atoms. The topological polar surface area (TPSA) is 62.6 Å². The number of nitrogens with one attached hydrogen (secondary N) is 3. The third-order valence-corrected chi connectivity index (χ3v) is 6.94. The van der Waals surface area contributed by atoms with E-state index < -0.39 is 0 Å². The van der Waals surface area contributed by atoms with Crippen LogP contribution in [-0.2, 0) is 4.79 Å². The number of carbonyl (C=O) groups excluding carboxylic acids is 2. The van der Waals surface area contributed by atoms with E-state index in [4.69, 9.17) is 0 Å². The van der Waals surface area contributed by atoms with E-state index in [-0.39, 0.29) is 17.5 Å². The van der Waals surface area contributed by atoms with Crippen LogP contribution in [0.2, 0.25) is 0 Å². The first-order valence-electron chi connectivity index (χ1n) is 9.95. The fraction of sp³-hybridized carbons (Fsp3) is 0.895. The summed E-state index contributed by atoms with van der Waals surface area (Å²) in [6.45, 7) is 4.77. The van der Waals surface area contributed by atoms with Crippen LogP contribution in [0, 0.1) is 23.7 Å². The summed E-state index contributed by atoms with van der Waals surface area (Å²) >= 11 is 0. The molecule has 0 aromatic carbocycles. The summed E-state index contributed by atoms with van der Waals surface area (Å²) < 4.78 is 0. The van der Waals surface area contributed by atoms with Crippen molar-refractivity contribution in [2.45, 2.75) is 63.8 Å². The number of hydrogen-bond acceptors (Lipinski definition) is 2. The van der Waals surface area contributed by atoms with Crippen molar-refractivity contribution in [1.29, 1.82) is 0 Å². The quantitative estimate of drug-likeness (QED) is 0.724. The molecular weight excluding hydrogens is 302 g/mol. The Labute approximate surface area is 144 Å². The molecule has 1 unspecified atom stereocenters. The second-order valence-electron chi connectivity index (χ2n) is 9.33. The van der Waals surface area contributed by atoms with Crippen LogP contribution in [0.5, 0.6) is 0 Å². The highest BCUT2D eigenvalue weighted by Crippen LogP contribution is 2.55. The second-order valence-corrected chi connectivity index (χ2v) is 9.33. The van der Waals surface area contributed by atoms with Crippen LogP contribution in [-0.4, -0.2) is 37.1 Å². The van der Waals surface area contributed by atoms with E-state index in [0.29, 0.717) is 12.5 Å². The molecule has 24 heavy (non-hydrogen) atoms. The van der Waals surface area contributed by atoms with E-state index in [1.54, 1.807) is 0 Å². The third-order valence-electron chi connectivity index (χ3n) is 6.94. The minimum atomic E-state index is -0.258. The van der Waals surface area contributed by atoms with Gasteiger partial charge in [-0.25, -0.2) is 4.79 Å². The monoisotopic (exact) mass is 334 g/mol. The number of urea groups is 1. The molecule has 5 fully saturated rings. The van der Waals surface area contributed by atoms with Crippen molar-refractivity contribution >= 4 is 11.9 Å². The van der Waals surface area contributed by atoms with Gasteiger partial charge in [-0.1, -0.05) is 6.92 Å². The van der Waals surface area contributed by atoms with Gasteiger partial charge < -0.3 is 10.2 Å². The van der Waals surface area contributed by atoms with Crippen LogP contribution in [0.15, 0.2) is 0 Å². The van der Waals surface area contributed by atoms with Gasteiger partial charge >= 0.3 is 6.03 Å². The summed E-state index contributed by atoms with van der Waals surface area (Å²) in [5.74, 6) is 2.95. The first-order chi connectivity index (χ1) is 11.5. The van der Waals surface area contributed by atoms with Gasteiger partial charge in [0.2, 0.25) is 0 Å². The van der Waals surface area contributed by atoms with E-state index in [0.717, 1.165) is 50.1 Å². The zero-order valence-electron chi connectivity index (χ0n) is 14.9. The van der Waals surface area contributed by atoms with Gasteiger partial charge in [0.25, 0.3) is 5.91 Å². The van der Waals surface area contributed by atoms with Gasteiger partial charge in [0, 0.05) is 11.5 Å². The Kier molecular flexibility index (Phi) is 4.31. The lowest BCUT2D eigenvalue weighted by Crippen LogP contribution is -3.14. The molecule has 5 aliphatic rings. The van der Waals surface area contributed by atoms with Crippen molar-refractivity contribution in [1.82, 2.24) is 10.6 Å². The average Bonchev–Trinajstić information content (AvgIpc) is 2.44. The van der Waals surface area contributed by atoms with Crippen molar-refractivity contribution in [3.05, 3.63) is 0 Å². The number of imide groups is 1. The number of piperidine rings is 1. The number of hydrogen-bond donors (Lipinski definition) is 3. The van der Waals surface area contributed by atoms with Crippen LogP contribution >= 0.6 is 0 Å². The van der Waals surface area contributed by atoms with E-state index >= 15 is 0 Å². The first-order valence-corrected chi connectivity index (χ1v) is 9.95. The molecule has 3 N–H and O–H groups in total. The van der Waals surface area contributed by atoms with Crippen molar-refractivity contribution in [2.24, 2.45) is 23.7 Å². The fourth-order valence-corrected chi connectivity index (χ4v) is 6.49. The predicted molar refractivity (Wildman–Crippen MR) is 91.5 cm³/mol. The van der Waals surface area contributed by atoms with Gasteiger partial charge in [0.05, 0.1) is 13.1 Å². The molecule has 5 heteroatoms. The third kappa shape index (κ3) is 3.46. The highest BCUT2D eigenvalue weighted by atomic mass is 16.2. The number of quaternary nitrogens is 1. The molecule has 134 valence electrons. The predicted octanol–water partition coefficient (Wildman–Crippen LogP) is 1.10. The lowest BCUT2D eigenvalue weighted by atomic mass is 9.53. The smallest absolute Gasteiger partial charge is 0.322 e. The van der Waals surface area contributed by atoms with Crippen LogP contribution < -0.4 is 15.5 Å².